The molecule has 0 heterocycles. The molecule has 0 bridgehead atoms. The summed E-state index contributed by atoms with van der Waals surface area (Å²) in [5, 5.41) is 3.58. The van der Waals surface area contributed by atoms with Crippen LogP contribution in [0.1, 0.15) is 59.3 Å². The molecule has 0 unspecified atom stereocenters. The minimum absolute atomic E-state index is 0.841. The first-order chi connectivity index (χ1) is 7.18. The molecule has 1 fully saturated rings. The molecule has 0 amide bonds. The van der Waals surface area contributed by atoms with Crippen molar-refractivity contribution < 1.29 is 0 Å². The molecule has 0 aromatic carbocycles. The van der Waals surface area contributed by atoms with Gasteiger partial charge in [0.05, 0.1) is 0 Å². The van der Waals surface area contributed by atoms with Crippen molar-refractivity contribution in [3.05, 3.63) is 0 Å². The van der Waals surface area contributed by atoms with E-state index in [0.29, 0.717) is 0 Å². The Morgan fingerprint density at radius 2 is 1.73 bits per heavy atom. The normalized spacial score (nSPS) is 27.2. The van der Waals surface area contributed by atoms with E-state index in [-0.39, 0.29) is 0 Å². The van der Waals surface area contributed by atoms with Crippen molar-refractivity contribution in [3.8, 4) is 0 Å². The van der Waals surface area contributed by atoms with Crippen molar-refractivity contribution >= 4 is 0 Å². The van der Waals surface area contributed by atoms with Gasteiger partial charge in [-0.3, -0.25) is 0 Å². The van der Waals surface area contributed by atoms with Gasteiger partial charge in [-0.2, -0.15) is 0 Å². The minimum Gasteiger partial charge on any atom is -0.317 e. The molecule has 1 aliphatic rings. The highest BCUT2D eigenvalue weighted by Crippen LogP contribution is 2.29. The third-order valence-corrected chi connectivity index (χ3v) is 3.76. The van der Waals surface area contributed by atoms with Crippen molar-refractivity contribution in [1.29, 1.82) is 0 Å². The molecule has 0 spiro atoms. The van der Waals surface area contributed by atoms with Gasteiger partial charge in [0.2, 0.25) is 0 Å². The van der Waals surface area contributed by atoms with Crippen LogP contribution in [0.15, 0.2) is 0 Å². The van der Waals surface area contributed by atoms with Crippen LogP contribution in [0.5, 0.6) is 0 Å². The Morgan fingerprint density at radius 3 is 2.33 bits per heavy atom. The topological polar surface area (TPSA) is 12.0 Å². The SMILES string of the molecule is CC(C)CCNCCC1CCC(C)CC1. The lowest BCUT2D eigenvalue weighted by Crippen LogP contribution is -2.22. The summed E-state index contributed by atoms with van der Waals surface area (Å²) in [5.74, 6) is 2.86. The van der Waals surface area contributed by atoms with Crippen LogP contribution in [0.2, 0.25) is 0 Å². The van der Waals surface area contributed by atoms with E-state index in [1.165, 1.54) is 51.6 Å². The number of nitrogens with one attached hydrogen (secondary N) is 1. The maximum Gasteiger partial charge on any atom is -0.00463 e. The molecule has 0 atom stereocenters. The zero-order valence-corrected chi connectivity index (χ0v) is 10.9. The summed E-state index contributed by atoms with van der Waals surface area (Å²) in [6, 6.07) is 0. The predicted molar refractivity (Wildman–Crippen MR) is 68.1 cm³/mol. The van der Waals surface area contributed by atoms with E-state index in [0.717, 1.165) is 17.8 Å². The standard InChI is InChI=1S/C14H29N/c1-12(2)8-10-15-11-9-14-6-4-13(3)5-7-14/h12-15H,4-11H2,1-3H3. The fourth-order valence-corrected chi connectivity index (χ4v) is 2.44. The van der Waals surface area contributed by atoms with Gasteiger partial charge in [0.1, 0.15) is 0 Å². The van der Waals surface area contributed by atoms with Gasteiger partial charge in [0, 0.05) is 0 Å². The Morgan fingerprint density at radius 1 is 1.07 bits per heavy atom. The second-order valence-electron chi connectivity index (χ2n) is 5.85. The molecular formula is C14H29N. The second-order valence-corrected chi connectivity index (χ2v) is 5.85. The first-order valence-electron chi connectivity index (χ1n) is 6.89. The molecule has 15 heavy (non-hydrogen) atoms. The van der Waals surface area contributed by atoms with Crippen LogP contribution in [-0.2, 0) is 0 Å². The highest BCUT2D eigenvalue weighted by Gasteiger charge is 2.17. The molecular weight excluding hydrogens is 182 g/mol. The molecule has 1 aliphatic carbocycles. The summed E-state index contributed by atoms with van der Waals surface area (Å²) in [6.07, 6.45) is 8.62. The van der Waals surface area contributed by atoms with Crippen LogP contribution in [0.25, 0.3) is 0 Å². The van der Waals surface area contributed by atoms with E-state index in [1.807, 2.05) is 0 Å². The Balaban J connectivity index is 1.91. The summed E-state index contributed by atoms with van der Waals surface area (Å²) in [6.45, 7) is 9.44. The third kappa shape index (κ3) is 6.19. The van der Waals surface area contributed by atoms with Gasteiger partial charge in [-0.05, 0) is 43.7 Å². The molecule has 0 aliphatic heterocycles. The van der Waals surface area contributed by atoms with Gasteiger partial charge in [0.25, 0.3) is 0 Å². The summed E-state index contributed by atoms with van der Waals surface area (Å²) >= 11 is 0. The van der Waals surface area contributed by atoms with E-state index in [1.54, 1.807) is 0 Å². The second kappa shape index (κ2) is 7.27. The van der Waals surface area contributed by atoms with Crippen LogP contribution in [0, 0.1) is 17.8 Å². The van der Waals surface area contributed by atoms with Gasteiger partial charge in [-0.25, -0.2) is 0 Å². The van der Waals surface area contributed by atoms with Gasteiger partial charge in [-0.1, -0.05) is 46.5 Å². The first kappa shape index (κ1) is 13.0. The molecule has 0 aromatic heterocycles. The number of rotatable bonds is 6. The average molecular weight is 211 g/mol. The lowest BCUT2D eigenvalue weighted by atomic mass is 9.81. The van der Waals surface area contributed by atoms with Crippen molar-refractivity contribution in [2.24, 2.45) is 17.8 Å². The Hall–Kier alpha value is -0.0400. The summed E-state index contributed by atoms with van der Waals surface area (Å²) in [4.78, 5) is 0. The monoisotopic (exact) mass is 211 g/mol. The minimum atomic E-state index is 0.841. The van der Waals surface area contributed by atoms with Gasteiger partial charge >= 0.3 is 0 Å². The van der Waals surface area contributed by atoms with Crippen LogP contribution >= 0.6 is 0 Å². The summed E-state index contributed by atoms with van der Waals surface area (Å²) < 4.78 is 0. The number of hydrogen-bond acceptors (Lipinski definition) is 1. The lowest BCUT2D eigenvalue weighted by Gasteiger charge is -2.26. The average Bonchev–Trinajstić information content (AvgIpc) is 2.20. The fraction of sp³-hybridized carbons (Fsp3) is 1.00. The summed E-state index contributed by atoms with van der Waals surface area (Å²) in [5.41, 5.74) is 0. The van der Waals surface area contributed by atoms with Gasteiger partial charge in [-0.15, -0.1) is 0 Å². The highest BCUT2D eigenvalue weighted by molar-refractivity contribution is 4.70. The lowest BCUT2D eigenvalue weighted by molar-refractivity contribution is 0.275. The van der Waals surface area contributed by atoms with E-state index < -0.39 is 0 Å². The van der Waals surface area contributed by atoms with Crippen molar-refractivity contribution in [1.82, 2.24) is 5.32 Å². The van der Waals surface area contributed by atoms with E-state index >= 15 is 0 Å². The van der Waals surface area contributed by atoms with Gasteiger partial charge in [0.15, 0.2) is 0 Å². The molecule has 1 N–H and O–H groups in total. The Kier molecular flexibility index (Phi) is 6.31. The van der Waals surface area contributed by atoms with E-state index in [2.05, 4.69) is 26.1 Å². The molecule has 1 saturated carbocycles. The maximum atomic E-state index is 3.58. The van der Waals surface area contributed by atoms with Crippen molar-refractivity contribution in [3.63, 3.8) is 0 Å². The first-order valence-corrected chi connectivity index (χ1v) is 6.89. The molecule has 0 saturated heterocycles. The van der Waals surface area contributed by atoms with Crippen LogP contribution < -0.4 is 5.32 Å². The number of hydrogen-bond donors (Lipinski definition) is 1. The molecule has 1 heteroatoms. The molecule has 1 rings (SSSR count). The van der Waals surface area contributed by atoms with Crippen LogP contribution in [0.4, 0.5) is 0 Å². The zero-order valence-electron chi connectivity index (χ0n) is 10.9. The molecule has 90 valence electrons. The van der Waals surface area contributed by atoms with Crippen LogP contribution in [-0.4, -0.2) is 13.1 Å². The quantitative estimate of drug-likeness (QED) is 0.658. The Labute approximate surface area is 96.0 Å². The largest absolute Gasteiger partial charge is 0.317 e. The predicted octanol–water partition coefficient (Wildman–Crippen LogP) is 3.84. The molecule has 0 radical (unpaired) electrons. The highest BCUT2D eigenvalue weighted by atomic mass is 14.8. The van der Waals surface area contributed by atoms with Crippen molar-refractivity contribution in [2.45, 2.75) is 59.3 Å². The Bertz CT molecular complexity index is 145. The van der Waals surface area contributed by atoms with Crippen molar-refractivity contribution in [2.75, 3.05) is 13.1 Å². The fourth-order valence-electron chi connectivity index (χ4n) is 2.44. The summed E-state index contributed by atoms with van der Waals surface area (Å²) in [7, 11) is 0. The molecule has 1 nitrogen and oxygen atoms in total. The van der Waals surface area contributed by atoms with E-state index in [4.69, 9.17) is 0 Å². The maximum absolute atomic E-state index is 3.58. The smallest absolute Gasteiger partial charge is 0.00463 e. The third-order valence-electron chi connectivity index (χ3n) is 3.76. The molecule has 0 aromatic rings. The zero-order chi connectivity index (χ0) is 11.1. The van der Waals surface area contributed by atoms with E-state index in [9.17, 15) is 0 Å². The van der Waals surface area contributed by atoms with Gasteiger partial charge < -0.3 is 5.32 Å². The van der Waals surface area contributed by atoms with Crippen LogP contribution in [0.3, 0.4) is 0 Å².